The van der Waals surface area contributed by atoms with Crippen LogP contribution in [0.4, 0.5) is 0 Å². The first-order valence-electron chi connectivity index (χ1n) is 37.9. The maximum atomic E-state index is 13.0. The molecule has 63 heteroatoms. The molecule has 0 aromatic carbocycles. The van der Waals surface area contributed by atoms with Crippen molar-refractivity contribution in [3.05, 3.63) is 32.6 Å². The summed E-state index contributed by atoms with van der Waals surface area (Å²) < 4.78 is 156. The summed E-state index contributed by atoms with van der Waals surface area (Å²) in [5.41, 5.74) is 4.64. The Morgan fingerprint density at radius 3 is 0.867 bits per heavy atom. The van der Waals surface area contributed by atoms with Gasteiger partial charge in [-0.25, -0.2) is 4.79 Å². The van der Waals surface area contributed by atoms with E-state index in [1.54, 1.807) is 6.92 Å². The molecule has 1 saturated carbocycles. The van der Waals surface area contributed by atoms with Crippen molar-refractivity contribution in [2.24, 2.45) is 11.7 Å². The normalized spacial score (nSPS) is 34.6. The van der Waals surface area contributed by atoms with Gasteiger partial charge in [-0.3, -0.25) is 14.3 Å². The molecule has 1 aliphatic carbocycles. The van der Waals surface area contributed by atoms with Crippen LogP contribution in [0.2, 0.25) is 0 Å². The minimum absolute atomic E-state index is 0.106. The summed E-state index contributed by atoms with van der Waals surface area (Å²) in [6.07, 6.45) is -8.47. The molecule has 43 nitrogen and oxygen atoms in total. The number of nitrogens with two attached hydrogens (primary N) is 1. The highest BCUT2D eigenvalue weighted by Crippen LogP contribution is 2.58. The van der Waals surface area contributed by atoms with Gasteiger partial charge in [0.15, 0.2) is 0 Å². The molecule has 1 aromatic rings. The molecule has 9 fully saturated rings. The van der Waals surface area contributed by atoms with Crippen molar-refractivity contribution < 1.29 is 178 Å². The second kappa shape index (κ2) is 47.9. The fourth-order valence-electron chi connectivity index (χ4n) is 13.8. The molecule has 14 N–H and O–H groups in total. The van der Waals surface area contributed by atoms with Crippen LogP contribution in [0.25, 0.3) is 0 Å². The van der Waals surface area contributed by atoms with Crippen molar-refractivity contribution in [2.75, 3.05) is 125 Å². The summed E-state index contributed by atoms with van der Waals surface area (Å²) in [5.74, 6) is -0.611. The van der Waals surface area contributed by atoms with Gasteiger partial charge in [-0.1, -0.05) is 12.8 Å². The van der Waals surface area contributed by atoms with Crippen molar-refractivity contribution in [3.8, 4) is 0 Å². The number of nitrogens with zero attached hydrogens (tertiary/aromatic N) is 1. The van der Waals surface area contributed by atoms with E-state index < -0.39 is 194 Å². The van der Waals surface area contributed by atoms with Gasteiger partial charge in [0.25, 0.3) is 5.56 Å². The first kappa shape index (κ1) is 106. The van der Waals surface area contributed by atoms with Gasteiger partial charge in [0.05, 0.1) is 121 Å². The van der Waals surface area contributed by atoms with E-state index in [2.05, 4.69) is 16.8 Å². The Hall–Kier alpha value is 3.62. The topological polar surface area (TPSA) is 553 Å². The zero-order valence-corrected chi connectivity index (χ0v) is 81.3. The minimum atomic E-state index is -4.14. The third-order valence-electron chi connectivity index (χ3n) is 19.8. The summed E-state index contributed by atoms with van der Waals surface area (Å²) in [5, 5.41) is 0. The number of aryl methyl sites for hydroxylation is 1. The van der Waals surface area contributed by atoms with Crippen LogP contribution in [0, 0.1) is 12.8 Å². The fourth-order valence-corrected chi connectivity index (χ4v) is 27.9. The first-order valence-corrected chi connectivity index (χ1v) is 63.8. The summed E-state index contributed by atoms with van der Waals surface area (Å²) >= 11 is 52.8. The van der Waals surface area contributed by atoms with Crippen LogP contribution in [-0.2, 0) is 242 Å². The molecule has 8 aliphatic heterocycles. The number of nitrogens with one attached hydrogen (secondary N) is 1. The molecule has 9 aliphatic rings. The maximum Gasteiger partial charge on any atom is 0.328 e. The van der Waals surface area contributed by atoms with Crippen LogP contribution in [-0.4, -0.2) is 293 Å². The van der Waals surface area contributed by atoms with Crippen molar-refractivity contribution >= 4 is 185 Å². The molecule has 10 rings (SSSR count). The highest BCUT2D eigenvalue weighted by Gasteiger charge is 2.48. The fraction of sp³-hybridized carbons (Fsp3) is 0.930. The van der Waals surface area contributed by atoms with E-state index in [0.717, 1.165) is 19.3 Å². The largest absolute Gasteiger partial charge is 0.373 e. The molecule has 1 aromatic heterocycles. The van der Waals surface area contributed by atoms with Crippen LogP contribution in [0.15, 0.2) is 15.8 Å². The number of unbranched alkanes of at least 4 members (excludes halogenated alkanes) is 3. The summed E-state index contributed by atoms with van der Waals surface area (Å²) in [4.78, 5) is 148. The van der Waals surface area contributed by atoms with Crippen molar-refractivity contribution in [3.63, 3.8) is 0 Å². The number of hydrogen-bond acceptors (Lipinski definition) is 40. The number of hydrogen-bond donors (Lipinski definition) is 13. The monoisotopic (exact) mass is 2100 g/mol. The Morgan fingerprint density at radius 1 is 0.350 bits per heavy atom. The standard InChI is InChI=1S/C57H103N3O40P10S10/c1-36-26-60(57(62)59-56(36)61)38-24-37(27-83-102(65,112)82-15-5-3-2-4-14-58)47(25-38)100-110(73,120)91-35-55-46(13-23-81-55)99-109(72,119)90-34-54-45(12-22-80-54)98-108(71,118)89-33-53-44(11-21-79-53)97-107(70,117)88-32-52-43(10-20-78-52)96-106(69,116)87-31-51-42(9-19-77-51)95-105(68,115)86-30-50-41(8-18-76-50)94-104(67,114)85-29-49-40(7-17-75-49)93-103(66,113)84-28-48-39(6-16-74-48)92-101(63,64)111/h26,37-55H,2-25,27-35,58H2,1H3,(H,65,112)(H,66,113)(H,67,114)(H,68,115)(H,69,116)(H,70,117)(H,71,118)(H,72,119)(H,73,120)(H,59,61,62)(H2,63,64,111)/t37-,38-,39+,40+,41+,42+,43+,44+,45+,46+,47+,48-,49-,50-,51-,52-,53-,54-,55-,102?,103?,104?,105?,106?,107?,108?,109?,110?/m1/s1. The molecule has 0 radical (unpaired) electrons. The minimum Gasteiger partial charge on any atom is -0.373 e. The Labute approximate surface area is 743 Å². The van der Waals surface area contributed by atoms with Gasteiger partial charge in [0.2, 0.25) is 0 Å². The molecule has 9 heterocycles. The van der Waals surface area contributed by atoms with E-state index in [1.807, 2.05) is 0 Å². The SMILES string of the molecule is Cc1cn([C@@H]2C[C@H](COP(O)(=S)OCCCCCCN)[C@@H](OP(O)(=S)OC[C@H]3OCC[C@@H]3OP(O)(=S)OC[C@H]3OCC[C@@H]3OP(O)(=S)OC[C@H]3OCC[C@@H]3OP(O)(=S)OC[C@H]3OCC[C@@H]3OP(O)(=S)OC[C@H]3OCC[C@@H]3OP(O)(=S)OC[C@H]3OCC[C@@H]3OP(O)(=S)OC[C@H]3OCC[C@@H]3OP(O)(=S)OC[C@H]3OCC[C@@H]3OP(O)(O)=S)C2)c(=O)[nH]c1=O. The molecule has 8 saturated heterocycles. The zero-order chi connectivity index (χ0) is 87.1. The number of H-pyrrole nitrogens is 1. The second-order valence-corrected chi connectivity index (χ2v) is 56.4. The Morgan fingerprint density at radius 2 is 0.600 bits per heavy atom. The highest BCUT2D eigenvalue weighted by molar-refractivity contribution is 8.09. The van der Waals surface area contributed by atoms with Gasteiger partial charge >= 0.3 is 72.9 Å². The molecule has 0 bridgehead atoms. The highest BCUT2D eigenvalue weighted by atomic mass is 32.5. The summed E-state index contributed by atoms with van der Waals surface area (Å²) in [7, 11) is 0. The van der Waals surface area contributed by atoms with Gasteiger partial charge in [-0.05, 0) is 157 Å². The van der Waals surface area contributed by atoms with Gasteiger partial charge < -0.3 is 183 Å². The van der Waals surface area contributed by atoms with Gasteiger partial charge in [0, 0.05) is 128 Å². The van der Waals surface area contributed by atoms with Crippen LogP contribution >= 0.6 is 67.2 Å². The lowest BCUT2D eigenvalue weighted by Crippen LogP contribution is -2.32. The van der Waals surface area contributed by atoms with Gasteiger partial charge in [0.1, 0.15) is 48.8 Å². The van der Waals surface area contributed by atoms with Gasteiger partial charge in [-0.2, -0.15) is 0 Å². The summed E-state index contributed by atoms with van der Waals surface area (Å²) in [6, 6.07) is -0.568. The maximum absolute atomic E-state index is 13.0. The van der Waals surface area contributed by atoms with E-state index in [0.29, 0.717) is 19.4 Å². The van der Waals surface area contributed by atoms with Crippen molar-refractivity contribution in [1.82, 2.24) is 9.55 Å². The van der Waals surface area contributed by atoms with Crippen molar-refractivity contribution in [2.45, 2.75) is 207 Å². The molecular weight excluding hydrogens is 2000 g/mol. The molecule has 9 unspecified atom stereocenters. The number of rotatable bonds is 53. The lowest BCUT2D eigenvalue weighted by Gasteiger charge is -2.29. The first-order chi connectivity index (χ1) is 56.3. The Bertz CT molecular complexity index is 4150. The van der Waals surface area contributed by atoms with Crippen LogP contribution in [0.5, 0.6) is 0 Å². The average molecular weight is 2100 g/mol. The van der Waals surface area contributed by atoms with E-state index >= 15 is 0 Å². The summed E-state index contributed by atoms with van der Waals surface area (Å²) in [6.45, 7) is -39.9. The third-order valence-corrected chi connectivity index (χ3v) is 34.9. The number of ether oxygens (including phenoxy) is 8. The van der Waals surface area contributed by atoms with E-state index in [4.69, 9.17) is 236 Å². The van der Waals surface area contributed by atoms with E-state index in [9.17, 15) is 63.4 Å². The molecule has 0 amide bonds. The van der Waals surface area contributed by atoms with E-state index in [1.165, 1.54) is 10.8 Å². The molecule has 28 atom stereocenters. The lowest BCUT2D eigenvalue weighted by atomic mass is 10.1. The molecule has 120 heavy (non-hydrogen) atoms. The van der Waals surface area contributed by atoms with E-state index in [-0.39, 0.29) is 182 Å². The third kappa shape index (κ3) is 35.4. The molecular formula is C57H103N3O40P10S10. The van der Waals surface area contributed by atoms with Crippen molar-refractivity contribution in [1.29, 1.82) is 0 Å². The Kier molecular flexibility index (Phi) is 42.2. The van der Waals surface area contributed by atoms with Crippen LogP contribution < -0.4 is 17.0 Å². The second-order valence-electron chi connectivity index (χ2n) is 28.6. The average Bonchev–Trinajstić information content (AvgIpc) is 1.65. The van der Waals surface area contributed by atoms with Crippen LogP contribution in [0.3, 0.4) is 0 Å². The zero-order valence-electron chi connectivity index (χ0n) is 64.2. The smallest absolute Gasteiger partial charge is 0.328 e. The molecule has 0 spiro atoms. The quantitative estimate of drug-likeness (QED) is 0.0317. The Balaban J connectivity index is 0.604. The lowest BCUT2D eigenvalue weighted by molar-refractivity contribution is -0.0201. The molecule has 696 valence electrons. The van der Waals surface area contributed by atoms with Gasteiger partial charge in [-0.15, -0.1) is 0 Å². The number of aromatic nitrogens is 2. The number of aromatic amines is 1. The predicted molar refractivity (Wildman–Crippen MR) is 461 cm³/mol. The van der Waals surface area contributed by atoms with Crippen LogP contribution in [0.1, 0.15) is 101 Å². The predicted octanol–water partition coefficient (Wildman–Crippen LogP) is 4.42.